The van der Waals surface area contributed by atoms with Gasteiger partial charge in [0.25, 0.3) is 0 Å². The zero-order valence-electron chi connectivity index (χ0n) is 14.7. The Labute approximate surface area is 149 Å². The molecule has 0 spiro atoms. The van der Waals surface area contributed by atoms with E-state index in [1.165, 1.54) is 5.56 Å². The van der Waals surface area contributed by atoms with Crippen molar-refractivity contribution in [2.24, 2.45) is 5.92 Å². The SMILES string of the molecule is COC[C@@H]1[C@H](C(=O)Nc2ccccc2)CCCN1Cc1ccccc1. The highest BCUT2D eigenvalue weighted by Crippen LogP contribution is 2.27. The van der Waals surface area contributed by atoms with E-state index in [4.69, 9.17) is 4.74 Å². The van der Waals surface area contributed by atoms with Crippen LogP contribution >= 0.6 is 0 Å². The summed E-state index contributed by atoms with van der Waals surface area (Å²) in [5.74, 6) is 0.0311. The van der Waals surface area contributed by atoms with E-state index < -0.39 is 0 Å². The Morgan fingerprint density at radius 3 is 2.48 bits per heavy atom. The molecule has 25 heavy (non-hydrogen) atoms. The summed E-state index contributed by atoms with van der Waals surface area (Å²) in [7, 11) is 1.71. The first-order valence-electron chi connectivity index (χ1n) is 8.91. The van der Waals surface area contributed by atoms with E-state index in [-0.39, 0.29) is 17.9 Å². The molecule has 0 aliphatic carbocycles. The Morgan fingerprint density at radius 2 is 1.80 bits per heavy atom. The van der Waals surface area contributed by atoms with Crippen LogP contribution in [-0.2, 0) is 16.1 Å². The largest absolute Gasteiger partial charge is 0.383 e. The van der Waals surface area contributed by atoms with Gasteiger partial charge in [-0.1, -0.05) is 48.5 Å². The molecule has 1 fully saturated rings. The number of likely N-dealkylation sites (tertiary alicyclic amines) is 1. The van der Waals surface area contributed by atoms with E-state index in [1.807, 2.05) is 36.4 Å². The summed E-state index contributed by atoms with van der Waals surface area (Å²) in [5.41, 5.74) is 2.12. The second-order valence-electron chi connectivity index (χ2n) is 6.58. The number of hydrogen-bond donors (Lipinski definition) is 1. The number of carbonyl (C=O) groups excluding carboxylic acids is 1. The van der Waals surface area contributed by atoms with Gasteiger partial charge in [0.05, 0.1) is 12.5 Å². The van der Waals surface area contributed by atoms with Gasteiger partial charge in [0.1, 0.15) is 0 Å². The van der Waals surface area contributed by atoms with Crippen molar-refractivity contribution in [3.05, 3.63) is 66.2 Å². The first kappa shape index (κ1) is 17.6. The average molecular weight is 338 g/mol. The third-order valence-corrected chi connectivity index (χ3v) is 4.84. The number of anilines is 1. The predicted octanol–water partition coefficient (Wildman–Crippen LogP) is 3.55. The lowest BCUT2D eigenvalue weighted by Gasteiger charge is -2.40. The first-order chi connectivity index (χ1) is 12.3. The van der Waals surface area contributed by atoms with Crippen LogP contribution < -0.4 is 5.32 Å². The molecule has 1 heterocycles. The topological polar surface area (TPSA) is 41.6 Å². The van der Waals surface area contributed by atoms with Gasteiger partial charge in [-0.3, -0.25) is 9.69 Å². The number of methoxy groups -OCH3 is 1. The quantitative estimate of drug-likeness (QED) is 0.876. The molecule has 2 atom stereocenters. The summed E-state index contributed by atoms with van der Waals surface area (Å²) >= 11 is 0. The Hall–Kier alpha value is -2.17. The Morgan fingerprint density at radius 1 is 1.12 bits per heavy atom. The molecule has 2 aromatic rings. The van der Waals surface area contributed by atoms with E-state index in [0.29, 0.717) is 6.61 Å². The van der Waals surface area contributed by atoms with Gasteiger partial charge in [-0.05, 0) is 37.1 Å². The van der Waals surface area contributed by atoms with E-state index in [1.54, 1.807) is 7.11 Å². The monoisotopic (exact) mass is 338 g/mol. The number of hydrogen-bond acceptors (Lipinski definition) is 3. The summed E-state index contributed by atoms with van der Waals surface area (Å²) in [6.45, 7) is 2.42. The molecule has 1 aliphatic rings. The molecule has 1 N–H and O–H groups in total. The molecular weight excluding hydrogens is 312 g/mol. The van der Waals surface area contributed by atoms with Crippen molar-refractivity contribution in [1.82, 2.24) is 4.90 Å². The number of piperidine rings is 1. The highest BCUT2D eigenvalue weighted by Gasteiger charge is 2.36. The van der Waals surface area contributed by atoms with Gasteiger partial charge in [-0.2, -0.15) is 0 Å². The third-order valence-electron chi connectivity index (χ3n) is 4.84. The second kappa shape index (κ2) is 8.79. The Balaban J connectivity index is 1.72. The highest BCUT2D eigenvalue weighted by molar-refractivity contribution is 5.93. The fraction of sp³-hybridized carbons (Fsp3) is 0.381. The molecule has 0 bridgehead atoms. The molecule has 132 valence electrons. The molecule has 3 rings (SSSR count). The van der Waals surface area contributed by atoms with Crippen molar-refractivity contribution in [3.8, 4) is 0 Å². The number of para-hydroxylation sites is 1. The number of carbonyl (C=O) groups is 1. The van der Waals surface area contributed by atoms with Crippen LogP contribution in [0.1, 0.15) is 18.4 Å². The first-order valence-corrected chi connectivity index (χ1v) is 8.91. The molecule has 1 saturated heterocycles. The van der Waals surface area contributed by atoms with Crippen LogP contribution in [0.2, 0.25) is 0 Å². The minimum Gasteiger partial charge on any atom is -0.383 e. The summed E-state index contributed by atoms with van der Waals surface area (Å²) < 4.78 is 5.46. The third kappa shape index (κ3) is 4.68. The summed E-state index contributed by atoms with van der Waals surface area (Å²) in [5, 5.41) is 3.06. The number of benzene rings is 2. The molecule has 0 saturated carbocycles. The molecule has 2 aromatic carbocycles. The van der Waals surface area contributed by atoms with Crippen LogP contribution in [0.3, 0.4) is 0 Å². The maximum absolute atomic E-state index is 12.9. The van der Waals surface area contributed by atoms with Crippen LogP contribution in [0.5, 0.6) is 0 Å². The van der Waals surface area contributed by atoms with Gasteiger partial charge in [0.15, 0.2) is 0 Å². The molecule has 0 radical (unpaired) electrons. The van der Waals surface area contributed by atoms with Crippen molar-refractivity contribution in [1.29, 1.82) is 0 Å². The standard InChI is InChI=1S/C21H26N2O2/c1-25-16-20-19(21(24)22-18-11-6-3-7-12-18)13-8-14-23(20)15-17-9-4-2-5-10-17/h2-7,9-12,19-20H,8,13-16H2,1H3,(H,22,24)/t19-,20-/m1/s1. The maximum Gasteiger partial charge on any atom is 0.229 e. The van der Waals surface area contributed by atoms with Crippen molar-refractivity contribution in [2.45, 2.75) is 25.4 Å². The smallest absolute Gasteiger partial charge is 0.229 e. The molecule has 4 heteroatoms. The lowest BCUT2D eigenvalue weighted by Crippen LogP contribution is -2.51. The van der Waals surface area contributed by atoms with E-state index in [2.05, 4.69) is 34.5 Å². The molecule has 1 aliphatic heterocycles. The fourth-order valence-electron chi connectivity index (χ4n) is 3.60. The van der Waals surface area contributed by atoms with Crippen molar-refractivity contribution in [3.63, 3.8) is 0 Å². The maximum atomic E-state index is 12.9. The molecule has 0 unspecified atom stereocenters. The zero-order valence-corrected chi connectivity index (χ0v) is 14.7. The number of nitrogens with one attached hydrogen (secondary N) is 1. The number of ether oxygens (including phenoxy) is 1. The Bertz CT molecular complexity index is 660. The number of amides is 1. The summed E-state index contributed by atoms with van der Waals surface area (Å²) in [4.78, 5) is 15.2. The normalized spacial score (nSPS) is 21.0. The van der Waals surface area contributed by atoms with E-state index in [0.717, 1.165) is 31.6 Å². The summed E-state index contributed by atoms with van der Waals surface area (Å²) in [6, 6.07) is 20.2. The van der Waals surface area contributed by atoms with E-state index in [9.17, 15) is 4.79 Å². The number of nitrogens with zero attached hydrogens (tertiary/aromatic N) is 1. The minimum atomic E-state index is -0.0578. The van der Waals surface area contributed by atoms with Gasteiger partial charge in [-0.25, -0.2) is 0 Å². The van der Waals surface area contributed by atoms with Gasteiger partial charge < -0.3 is 10.1 Å². The highest BCUT2D eigenvalue weighted by atomic mass is 16.5. The van der Waals surface area contributed by atoms with Crippen LogP contribution in [0, 0.1) is 5.92 Å². The Kier molecular flexibility index (Phi) is 6.20. The van der Waals surface area contributed by atoms with Crippen LogP contribution in [0.15, 0.2) is 60.7 Å². The zero-order chi connectivity index (χ0) is 17.5. The van der Waals surface area contributed by atoms with E-state index >= 15 is 0 Å². The van der Waals surface area contributed by atoms with Gasteiger partial charge in [0.2, 0.25) is 5.91 Å². The van der Waals surface area contributed by atoms with Gasteiger partial charge in [-0.15, -0.1) is 0 Å². The minimum absolute atomic E-state index is 0.0578. The van der Waals surface area contributed by atoms with Crippen LogP contribution in [-0.4, -0.2) is 37.1 Å². The molecule has 1 amide bonds. The van der Waals surface area contributed by atoms with Gasteiger partial charge in [0, 0.05) is 25.4 Å². The lowest BCUT2D eigenvalue weighted by atomic mass is 9.88. The van der Waals surface area contributed by atoms with Crippen molar-refractivity contribution >= 4 is 11.6 Å². The van der Waals surface area contributed by atoms with Crippen molar-refractivity contribution < 1.29 is 9.53 Å². The molecular formula is C21H26N2O2. The second-order valence-corrected chi connectivity index (χ2v) is 6.58. The predicted molar refractivity (Wildman–Crippen MR) is 100 cm³/mol. The average Bonchev–Trinajstić information content (AvgIpc) is 2.65. The van der Waals surface area contributed by atoms with Gasteiger partial charge >= 0.3 is 0 Å². The lowest BCUT2D eigenvalue weighted by molar-refractivity contribution is -0.125. The summed E-state index contributed by atoms with van der Waals surface area (Å²) in [6.07, 6.45) is 1.93. The molecule has 4 nitrogen and oxygen atoms in total. The van der Waals surface area contributed by atoms with Crippen LogP contribution in [0.25, 0.3) is 0 Å². The fourth-order valence-corrected chi connectivity index (χ4v) is 3.60. The van der Waals surface area contributed by atoms with Crippen molar-refractivity contribution in [2.75, 3.05) is 25.6 Å². The van der Waals surface area contributed by atoms with Crippen LogP contribution in [0.4, 0.5) is 5.69 Å². The number of rotatable bonds is 6. The molecule has 0 aromatic heterocycles.